The fourth-order valence-electron chi connectivity index (χ4n) is 1.71. The molecule has 1 aromatic rings. The first kappa shape index (κ1) is 15.8. The highest BCUT2D eigenvalue weighted by molar-refractivity contribution is 5.35. The van der Waals surface area contributed by atoms with Crippen LogP contribution in [0.3, 0.4) is 0 Å². The number of benzene rings is 1. The van der Waals surface area contributed by atoms with Crippen LogP contribution < -0.4 is 10.1 Å². The summed E-state index contributed by atoms with van der Waals surface area (Å²) in [5.74, 6) is 1.44. The number of para-hydroxylation sites is 1. The zero-order chi connectivity index (χ0) is 14.5. The normalized spacial score (nSPS) is 11.7. The van der Waals surface area contributed by atoms with Crippen molar-refractivity contribution in [1.82, 2.24) is 5.32 Å². The van der Waals surface area contributed by atoms with Crippen LogP contribution in [0.15, 0.2) is 36.4 Å². The number of ether oxygens (including phenoxy) is 1. The molecule has 0 aliphatic carbocycles. The van der Waals surface area contributed by atoms with Crippen molar-refractivity contribution in [3.8, 4) is 5.75 Å². The Bertz CT molecular complexity index is 416. The summed E-state index contributed by atoms with van der Waals surface area (Å²) in [5.41, 5.74) is 2.42. The van der Waals surface area contributed by atoms with Gasteiger partial charge < -0.3 is 10.1 Å². The Morgan fingerprint density at radius 2 is 1.89 bits per heavy atom. The first-order chi connectivity index (χ1) is 8.79. The van der Waals surface area contributed by atoms with Crippen molar-refractivity contribution in [2.75, 3.05) is 13.2 Å². The Morgan fingerprint density at radius 1 is 1.26 bits per heavy atom. The molecule has 2 heteroatoms. The van der Waals surface area contributed by atoms with Crippen LogP contribution >= 0.6 is 0 Å². The molecule has 2 nitrogen and oxygen atoms in total. The lowest BCUT2D eigenvalue weighted by atomic mass is 10.0. The van der Waals surface area contributed by atoms with Gasteiger partial charge in [0, 0.05) is 12.1 Å². The molecule has 0 saturated carbocycles. The van der Waals surface area contributed by atoms with Gasteiger partial charge in [-0.3, -0.25) is 0 Å². The maximum absolute atomic E-state index is 5.89. The van der Waals surface area contributed by atoms with Gasteiger partial charge in [0.1, 0.15) is 12.4 Å². The average molecular weight is 261 g/mol. The van der Waals surface area contributed by atoms with Gasteiger partial charge in [0.05, 0.1) is 0 Å². The molecule has 0 radical (unpaired) electrons. The van der Waals surface area contributed by atoms with Crippen LogP contribution in [-0.2, 0) is 0 Å². The number of hydrogen-bond acceptors (Lipinski definition) is 2. The summed E-state index contributed by atoms with van der Waals surface area (Å²) in [4.78, 5) is 0. The van der Waals surface area contributed by atoms with Gasteiger partial charge in [-0.15, -0.1) is 0 Å². The fourth-order valence-corrected chi connectivity index (χ4v) is 1.71. The topological polar surface area (TPSA) is 21.3 Å². The molecule has 0 spiro atoms. The monoisotopic (exact) mass is 261 g/mol. The highest BCUT2D eigenvalue weighted by Gasteiger charge is 2.10. The second-order valence-electron chi connectivity index (χ2n) is 6.33. The number of rotatable bonds is 6. The molecular formula is C17H27NO. The fraction of sp³-hybridized carbons (Fsp3) is 0.529. The molecule has 0 aromatic heterocycles. The summed E-state index contributed by atoms with van der Waals surface area (Å²) in [6.45, 7) is 16.2. The Hall–Kier alpha value is -1.28. The maximum Gasteiger partial charge on any atom is 0.123 e. The largest absolute Gasteiger partial charge is 0.489 e. The molecule has 1 N–H and O–H groups in total. The minimum absolute atomic E-state index is 0.110. The van der Waals surface area contributed by atoms with Crippen LogP contribution in [0.1, 0.15) is 46.1 Å². The average Bonchev–Trinajstić information content (AvgIpc) is 2.33. The Morgan fingerprint density at radius 3 is 2.47 bits per heavy atom. The van der Waals surface area contributed by atoms with Crippen molar-refractivity contribution in [2.24, 2.45) is 0 Å². The lowest BCUT2D eigenvalue weighted by Crippen LogP contribution is -2.37. The van der Waals surface area contributed by atoms with Crippen molar-refractivity contribution in [3.63, 3.8) is 0 Å². The molecule has 0 amide bonds. The van der Waals surface area contributed by atoms with E-state index in [0.29, 0.717) is 12.5 Å². The van der Waals surface area contributed by atoms with Crippen LogP contribution in [0.25, 0.3) is 0 Å². The molecule has 106 valence electrons. The number of hydrogen-bond donors (Lipinski definition) is 1. The van der Waals surface area contributed by atoms with Crippen LogP contribution in [0, 0.1) is 0 Å². The third-order valence-electron chi connectivity index (χ3n) is 2.84. The van der Waals surface area contributed by atoms with E-state index in [9.17, 15) is 0 Å². The lowest BCUT2D eigenvalue weighted by molar-refractivity contribution is 0.337. The standard InChI is InChI=1S/C17H27NO/c1-13(2)15-9-7-8-10-16(15)19-12-14(3)11-18-17(4,5)6/h7-10,13,18H,3,11-12H2,1-2,4-6H3. The second kappa shape index (κ2) is 6.76. The van der Waals surface area contributed by atoms with Gasteiger partial charge in [0.2, 0.25) is 0 Å². The molecule has 0 fully saturated rings. The van der Waals surface area contributed by atoms with E-state index in [4.69, 9.17) is 4.74 Å². The Kier molecular flexibility index (Phi) is 5.61. The van der Waals surface area contributed by atoms with E-state index < -0.39 is 0 Å². The maximum atomic E-state index is 5.89. The summed E-state index contributed by atoms with van der Waals surface area (Å²) < 4.78 is 5.89. The SMILES string of the molecule is C=C(CNC(C)(C)C)COc1ccccc1C(C)C. The molecule has 0 atom stereocenters. The van der Waals surface area contributed by atoms with Crippen LogP contribution in [-0.4, -0.2) is 18.7 Å². The molecule has 0 unspecified atom stereocenters. The van der Waals surface area contributed by atoms with Crippen molar-refractivity contribution in [3.05, 3.63) is 42.0 Å². The van der Waals surface area contributed by atoms with Gasteiger partial charge in [0.25, 0.3) is 0 Å². The summed E-state index contributed by atoms with van der Waals surface area (Å²) >= 11 is 0. The van der Waals surface area contributed by atoms with Gasteiger partial charge >= 0.3 is 0 Å². The zero-order valence-electron chi connectivity index (χ0n) is 12.9. The van der Waals surface area contributed by atoms with Crippen LogP contribution in [0.4, 0.5) is 0 Å². The summed E-state index contributed by atoms with van der Waals surface area (Å²) in [7, 11) is 0. The van der Waals surface area contributed by atoms with E-state index in [0.717, 1.165) is 17.9 Å². The lowest BCUT2D eigenvalue weighted by Gasteiger charge is -2.21. The minimum atomic E-state index is 0.110. The Balaban J connectivity index is 2.51. The molecule has 0 aliphatic heterocycles. The third kappa shape index (κ3) is 5.93. The second-order valence-corrected chi connectivity index (χ2v) is 6.33. The molecule has 0 bridgehead atoms. The van der Waals surface area contributed by atoms with Crippen molar-refractivity contribution < 1.29 is 4.74 Å². The molecule has 1 rings (SSSR count). The van der Waals surface area contributed by atoms with Crippen LogP contribution in [0.5, 0.6) is 5.75 Å². The van der Waals surface area contributed by atoms with E-state index in [1.807, 2.05) is 12.1 Å². The minimum Gasteiger partial charge on any atom is -0.489 e. The van der Waals surface area contributed by atoms with Gasteiger partial charge in [-0.25, -0.2) is 0 Å². The number of nitrogens with one attached hydrogen (secondary N) is 1. The van der Waals surface area contributed by atoms with Gasteiger partial charge in [-0.2, -0.15) is 0 Å². The molecule has 1 aromatic carbocycles. The molecule has 0 saturated heterocycles. The molecule has 0 aliphatic rings. The molecular weight excluding hydrogens is 234 g/mol. The van der Waals surface area contributed by atoms with Gasteiger partial charge in [-0.1, -0.05) is 38.6 Å². The Labute approximate surface area is 117 Å². The molecule has 0 heterocycles. The van der Waals surface area contributed by atoms with Crippen LogP contribution in [0.2, 0.25) is 0 Å². The van der Waals surface area contributed by atoms with E-state index in [1.54, 1.807) is 0 Å². The van der Waals surface area contributed by atoms with Crippen molar-refractivity contribution in [1.29, 1.82) is 0 Å². The van der Waals surface area contributed by atoms with Gasteiger partial charge in [-0.05, 0) is 43.9 Å². The predicted molar refractivity (Wildman–Crippen MR) is 82.9 cm³/mol. The first-order valence-electron chi connectivity index (χ1n) is 6.93. The highest BCUT2D eigenvalue weighted by Crippen LogP contribution is 2.26. The summed E-state index contributed by atoms with van der Waals surface area (Å²) in [6.07, 6.45) is 0. The molecule has 19 heavy (non-hydrogen) atoms. The highest BCUT2D eigenvalue weighted by atomic mass is 16.5. The summed E-state index contributed by atoms with van der Waals surface area (Å²) in [6, 6.07) is 8.21. The van der Waals surface area contributed by atoms with E-state index >= 15 is 0 Å². The van der Waals surface area contributed by atoms with Crippen molar-refractivity contribution in [2.45, 2.75) is 46.1 Å². The van der Waals surface area contributed by atoms with E-state index in [1.165, 1.54) is 5.56 Å². The van der Waals surface area contributed by atoms with E-state index in [-0.39, 0.29) is 5.54 Å². The summed E-state index contributed by atoms with van der Waals surface area (Å²) in [5, 5.41) is 3.42. The smallest absolute Gasteiger partial charge is 0.123 e. The van der Waals surface area contributed by atoms with E-state index in [2.05, 4.69) is 58.6 Å². The van der Waals surface area contributed by atoms with Gasteiger partial charge in [0.15, 0.2) is 0 Å². The predicted octanol–water partition coefficient (Wildman–Crippen LogP) is 4.13. The zero-order valence-corrected chi connectivity index (χ0v) is 12.9. The quantitative estimate of drug-likeness (QED) is 0.777. The van der Waals surface area contributed by atoms with Crippen molar-refractivity contribution >= 4 is 0 Å². The third-order valence-corrected chi connectivity index (χ3v) is 2.84. The first-order valence-corrected chi connectivity index (χ1v) is 6.93.